The number of benzene rings is 1. The van der Waals surface area contributed by atoms with Crippen LogP contribution in [0.2, 0.25) is 0 Å². The molecule has 2 heteroatoms. The summed E-state index contributed by atoms with van der Waals surface area (Å²) in [5.41, 5.74) is 1.33. The summed E-state index contributed by atoms with van der Waals surface area (Å²) in [5.74, 6) is 0.510. The molecule has 1 aromatic carbocycles. The zero-order chi connectivity index (χ0) is 11.5. The maximum Gasteiger partial charge on any atom is 0.246 e. The van der Waals surface area contributed by atoms with Crippen molar-refractivity contribution in [1.82, 2.24) is 4.90 Å². The van der Waals surface area contributed by atoms with E-state index < -0.39 is 0 Å². The Labute approximate surface area is 96.6 Å². The molecule has 1 aliphatic rings. The molecule has 0 bridgehead atoms. The molecule has 84 valence electrons. The smallest absolute Gasteiger partial charge is 0.246 e. The van der Waals surface area contributed by atoms with Crippen LogP contribution in [0, 0.1) is 0 Å². The number of nitrogens with zero attached hydrogens (tertiary/aromatic N) is 1. The highest BCUT2D eigenvalue weighted by atomic mass is 16.2. The molecule has 1 aromatic rings. The van der Waals surface area contributed by atoms with Gasteiger partial charge in [0, 0.05) is 18.5 Å². The van der Waals surface area contributed by atoms with E-state index >= 15 is 0 Å². The fraction of sp³-hybridized carbons (Fsp3) is 0.357. The average Bonchev–Trinajstić information content (AvgIpc) is 2.71. The van der Waals surface area contributed by atoms with E-state index in [0.717, 1.165) is 13.0 Å². The summed E-state index contributed by atoms with van der Waals surface area (Å²) < 4.78 is 0. The van der Waals surface area contributed by atoms with E-state index in [9.17, 15) is 4.79 Å². The molecule has 2 rings (SSSR count). The lowest BCUT2D eigenvalue weighted by Crippen LogP contribution is -2.33. The fourth-order valence-electron chi connectivity index (χ4n) is 2.51. The Morgan fingerprint density at radius 2 is 2.12 bits per heavy atom. The van der Waals surface area contributed by atoms with Crippen LogP contribution >= 0.6 is 0 Å². The van der Waals surface area contributed by atoms with E-state index in [1.165, 1.54) is 11.6 Å². The summed E-state index contributed by atoms with van der Waals surface area (Å²) >= 11 is 0. The van der Waals surface area contributed by atoms with Gasteiger partial charge in [0.2, 0.25) is 5.91 Å². The number of hydrogen-bond donors (Lipinski definition) is 0. The number of carbonyl (C=O) groups excluding carboxylic acids is 1. The van der Waals surface area contributed by atoms with Crippen LogP contribution in [0.5, 0.6) is 0 Å². The zero-order valence-electron chi connectivity index (χ0n) is 9.60. The summed E-state index contributed by atoms with van der Waals surface area (Å²) in [5, 5.41) is 0. The highest BCUT2D eigenvalue weighted by Crippen LogP contribution is 2.33. The Morgan fingerprint density at radius 3 is 2.75 bits per heavy atom. The summed E-state index contributed by atoms with van der Waals surface area (Å²) in [4.78, 5) is 13.5. The summed E-state index contributed by atoms with van der Waals surface area (Å²) in [6.07, 6.45) is 2.45. The maximum atomic E-state index is 11.6. The van der Waals surface area contributed by atoms with Crippen LogP contribution in [0.25, 0.3) is 0 Å². The van der Waals surface area contributed by atoms with Crippen molar-refractivity contribution in [3.63, 3.8) is 0 Å². The van der Waals surface area contributed by atoms with Crippen LogP contribution in [0.4, 0.5) is 0 Å². The zero-order valence-corrected chi connectivity index (χ0v) is 9.60. The number of hydrogen-bond acceptors (Lipinski definition) is 1. The third-order valence-corrected chi connectivity index (χ3v) is 3.44. The molecule has 1 saturated heterocycles. The van der Waals surface area contributed by atoms with Gasteiger partial charge in [0.05, 0.1) is 0 Å². The van der Waals surface area contributed by atoms with Gasteiger partial charge < -0.3 is 4.90 Å². The minimum Gasteiger partial charge on any atom is -0.336 e. The van der Waals surface area contributed by atoms with Crippen molar-refractivity contribution in [2.45, 2.75) is 25.3 Å². The van der Waals surface area contributed by atoms with Crippen molar-refractivity contribution < 1.29 is 4.79 Å². The lowest BCUT2D eigenvalue weighted by molar-refractivity contribution is -0.126. The maximum absolute atomic E-state index is 11.6. The number of likely N-dealkylation sites (tertiary alicyclic amines) is 1. The topological polar surface area (TPSA) is 20.3 Å². The Hall–Kier alpha value is -1.57. The molecular formula is C14H17NO. The molecule has 1 fully saturated rings. The van der Waals surface area contributed by atoms with Gasteiger partial charge in [0.1, 0.15) is 0 Å². The van der Waals surface area contributed by atoms with Gasteiger partial charge in [-0.15, -0.1) is 0 Å². The van der Waals surface area contributed by atoms with Gasteiger partial charge in [-0.25, -0.2) is 0 Å². The van der Waals surface area contributed by atoms with Crippen LogP contribution in [-0.2, 0) is 4.79 Å². The first kappa shape index (κ1) is 10.9. The average molecular weight is 215 g/mol. The normalized spacial score (nSPS) is 24.4. The monoisotopic (exact) mass is 215 g/mol. The number of amides is 1. The van der Waals surface area contributed by atoms with E-state index in [2.05, 4.69) is 37.8 Å². The predicted octanol–water partition coefficient (Wildman–Crippen LogP) is 2.58. The molecule has 0 aliphatic carbocycles. The standard InChI is InChI=1S/C14H17NO/c1-3-14(16)15-10-9-13(11(15)2)12-7-5-4-6-8-12/h3-8,11,13H,1,9-10H2,2H3. The van der Waals surface area contributed by atoms with Crippen molar-refractivity contribution in [2.24, 2.45) is 0 Å². The minimum atomic E-state index is 0.0472. The number of carbonyl (C=O) groups is 1. The minimum absolute atomic E-state index is 0.0472. The van der Waals surface area contributed by atoms with Gasteiger partial charge in [0.25, 0.3) is 0 Å². The van der Waals surface area contributed by atoms with E-state index in [1.807, 2.05) is 11.0 Å². The van der Waals surface area contributed by atoms with Gasteiger partial charge in [-0.05, 0) is 25.0 Å². The Balaban J connectivity index is 2.16. The Morgan fingerprint density at radius 1 is 1.44 bits per heavy atom. The largest absolute Gasteiger partial charge is 0.336 e. The molecule has 0 saturated carbocycles. The molecule has 0 aromatic heterocycles. The first-order valence-electron chi connectivity index (χ1n) is 5.72. The SMILES string of the molecule is C=CC(=O)N1CCC(c2ccccc2)C1C. The quantitative estimate of drug-likeness (QED) is 0.694. The van der Waals surface area contributed by atoms with E-state index in [4.69, 9.17) is 0 Å². The molecule has 0 spiro atoms. The van der Waals surface area contributed by atoms with Gasteiger partial charge in [0.15, 0.2) is 0 Å². The second-order valence-corrected chi connectivity index (χ2v) is 4.28. The first-order valence-corrected chi connectivity index (χ1v) is 5.72. The van der Waals surface area contributed by atoms with Crippen LogP contribution in [0.3, 0.4) is 0 Å². The van der Waals surface area contributed by atoms with Crippen LogP contribution < -0.4 is 0 Å². The van der Waals surface area contributed by atoms with Crippen molar-refractivity contribution in [2.75, 3.05) is 6.54 Å². The van der Waals surface area contributed by atoms with Crippen LogP contribution in [0.15, 0.2) is 43.0 Å². The second kappa shape index (κ2) is 4.52. The van der Waals surface area contributed by atoms with Crippen LogP contribution in [0.1, 0.15) is 24.8 Å². The highest BCUT2D eigenvalue weighted by molar-refractivity contribution is 5.87. The van der Waals surface area contributed by atoms with E-state index in [-0.39, 0.29) is 11.9 Å². The van der Waals surface area contributed by atoms with Crippen LogP contribution in [-0.4, -0.2) is 23.4 Å². The van der Waals surface area contributed by atoms with Gasteiger partial charge in [-0.2, -0.15) is 0 Å². The van der Waals surface area contributed by atoms with Gasteiger partial charge >= 0.3 is 0 Å². The van der Waals surface area contributed by atoms with Gasteiger partial charge in [-0.3, -0.25) is 4.79 Å². The molecule has 1 aliphatic heterocycles. The Kier molecular flexibility index (Phi) is 3.09. The van der Waals surface area contributed by atoms with Crippen molar-refractivity contribution in [1.29, 1.82) is 0 Å². The molecule has 2 nitrogen and oxygen atoms in total. The van der Waals surface area contributed by atoms with Crippen molar-refractivity contribution in [3.05, 3.63) is 48.6 Å². The van der Waals surface area contributed by atoms with Crippen molar-refractivity contribution >= 4 is 5.91 Å². The molecule has 2 unspecified atom stereocenters. The van der Waals surface area contributed by atoms with Gasteiger partial charge in [-0.1, -0.05) is 36.9 Å². The first-order chi connectivity index (χ1) is 7.74. The third kappa shape index (κ3) is 1.87. The third-order valence-electron chi connectivity index (χ3n) is 3.44. The molecule has 0 radical (unpaired) electrons. The van der Waals surface area contributed by atoms with E-state index in [1.54, 1.807) is 0 Å². The summed E-state index contributed by atoms with van der Waals surface area (Å²) in [7, 11) is 0. The predicted molar refractivity (Wildman–Crippen MR) is 65.2 cm³/mol. The van der Waals surface area contributed by atoms with E-state index in [0.29, 0.717) is 5.92 Å². The molecule has 1 heterocycles. The molecule has 0 N–H and O–H groups in total. The number of rotatable bonds is 2. The summed E-state index contributed by atoms with van der Waals surface area (Å²) in [6, 6.07) is 10.7. The van der Waals surface area contributed by atoms with Crippen molar-refractivity contribution in [3.8, 4) is 0 Å². The molecular weight excluding hydrogens is 198 g/mol. The molecule has 1 amide bonds. The highest BCUT2D eigenvalue weighted by Gasteiger charge is 2.33. The molecule has 2 atom stereocenters. The fourth-order valence-corrected chi connectivity index (χ4v) is 2.51. The lowest BCUT2D eigenvalue weighted by Gasteiger charge is -2.23. The Bertz CT molecular complexity index is 385. The lowest BCUT2D eigenvalue weighted by atomic mass is 9.93. The second-order valence-electron chi connectivity index (χ2n) is 4.28. The molecule has 16 heavy (non-hydrogen) atoms. The summed E-state index contributed by atoms with van der Waals surface area (Å²) in [6.45, 7) is 6.50.